The zero-order valence-corrected chi connectivity index (χ0v) is 17.4. The number of para-hydroxylation sites is 1. The molecular weight excluding hydrogens is 398 g/mol. The van der Waals surface area contributed by atoms with Crippen LogP contribution in [-0.4, -0.2) is 36.8 Å². The van der Waals surface area contributed by atoms with Gasteiger partial charge in [0, 0.05) is 17.8 Å². The van der Waals surface area contributed by atoms with Gasteiger partial charge in [-0.05, 0) is 36.7 Å². The number of carbonyl (C=O) groups is 1. The quantitative estimate of drug-likeness (QED) is 0.474. The van der Waals surface area contributed by atoms with E-state index < -0.39 is 18.1 Å². The van der Waals surface area contributed by atoms with E-state index in [4.69, 9.17) is 24.4 Å². The van der Waals surface area contributed by atoms with Crippen molar-refractivity contribution in [1.82, 2.24) is 9.97 Å². The highest BCUT2D eigenvalue weighted by Crippen LogP contribution is 2.27. The lowest BCUT2D eigenvalue weighted by atomic mass is 10.1. The van der Waals surface area contributed by atoms with Crippen LogP contribution in [0.5, 0.6) is 23.5 Å². The van der Waals surface area contributed by atoms with Crippen molar-refractivity contribution in [2.45, 2.75) is 19.9 Å². The van der Waals surface area contributed by atoms with E-state index in [1.165, 1.54) is 20.3 Å². The number of methoxy groups -OCH3 is 2. The molecule has 0 bridgehead atoms. The third-order valence-corrected chi connectivity index (χ3v) is 4.02. The van der Waals surface area contributed by atoms with Gasteiger partial charge in [-0.2, -0.15) is 9.97 Å². The van der Waals surface area contributed by atoms with Gasteiger partial charge in [-0.1, -0.05) is 25.1 Å². The Bertz CT molecular complexity index is 1190. The molecule has 1 heterocycles. The predicted octanol–water partition coefficient (Wildman–Crippen LogP) is 4.47. The lowest BCUT2D eigenvalue weighted by molar-refractivity contribution is 0.0505. The summed E-state index contributed by atoms with van der Waals surface area (Å²) >= 11 is 0. The highest BCUT2D eigenvalue weighted by atomic mass is 16.5. The zero-order chi connectivity index (χ0) is 25.5. The second kappa shape index (κ2) is 10.8. The number of rotatable bonds is 10. The summed E-state index contributed by atoms with van der Waals surface area (Å²) < 4.78 is 53.8. The summed E-state index contributed by atoms with van der Waals surface area (Å²) in [5, 5.41) is 3.09. The Morgan fingerprint density at radius 3 is 2.39 bits per heavy atom. The minimum absolute atomic E-state index is 0.00701. The molecule has 3 rings (SSSR count). The minimum Gasteiger partial charge on any atom is -0.481 e. The Morgan fingerprint density at radius 2 is 1.74 bits per heavy atom. The first kappa shape index (κ1) is 16.9. The van der Waals surface area contributed by atoms with Crippen LogP contribution < -0.4 is 19.5 Å². The number of carbonyl (C=O) groups excluding carboxylic acids is 1. The molecule has 0 atom stereocenters. The number of nitrogens with zero attached hydrogens (tertiary/aromatic N) is 2. The van der Waals surface area contributed by atoms with Gasteiger partial charge in [-0.3, -0.25) is 0 Å². The third-order valence-electron chi connectivity index (χ3n) is 4.02. The third kappa shape index (κ3) is 6.08. The van der Waals surface area contributed by atoms with E-state index in [0.29, 0.717) is 17.9 Å². The molecule has 1 N–H and O–H groups in total. The molecule has 1 aromatic heterocycles. The lowest BCUT2D eigenvalue weighted by Gasteiger charge is -2.13. The van der Waals surface area contributed by atoms with E-state index >= 15 is 0 Å². The number of benzene rings is 2. The van der Waals surface area contributed by atoms with Gasteiger partial charge in [0.15, 0.2) is 0 Å². The van der Waals surface area contributed by atoms with Gasteiger partial charge < -0.3 is 24.3 Å². The fourth-order valence-corrected chi connectivity index (χ4v) is 2.46. The van der Waals surface area contributed by atoms with Gasteiger partial charge in [0.1, 0.15) is 5.75 Å². The fourth-order valence-electron chi connectivity index (χ4n) is 2.46. The Kier molecular flexibility index (Phi) is 5.91. The lowest BCUT2D eigenvalue weighted by Crippen LogP contribution is -2.06. The summed E-state index contributed by atoms with van der Waals surface area (Å²) in [6, 6.07) is 6.26. The number of nitrogens with one attached hydrogen (secondary N) is 1. The Hall–Kier alpha value is -3.81. The molecule has 0 spiro atoms. The Labute approximate surface area is 186 Å². The smallest absolute Gasteiger partial charge is 0.338 e. The number of aromatic nitrogens is 2. The molecule has 8 nitrogen and oxygen atoms in total. The van der Waals surface area contributed by atoms with Crippen LogP contribution in [0.25, 0.3) is 0 Å². The first-order chi connectivity index (χ1) is 16.8. The molecule has 0 saturated heterocycles. The molecular formula is C23H25N3O5. The zero-order valence-electron chi connectivity index (χ0n) is 21.4. The Balaban J connectivity index is 1.89. The molecule has 0 aliphatic rings. The molecule has 162 valence electrons. The number of anilines is 1. The fraction of sp³-hybridized carbons (Fsp3) is 0.261. The average Bonchev–Trinajstić information content (AvgIpc) is 2.88. The standard InChI is InChI=1S/C23H25N3O5/c1-4-13-30-22(27)16-9-11-18(12-10-16)24-15-17-7-5-6-8-19(17)31-23-25-20(28-2)14-21(26-23)29-3/h5-12,14,24H,4,13,15H2,1-3H3/i5D,6D,7D,8D. The predicted molar refractivity (Wildman–Crippen MR) is 116 cm³/mol. The molecule has 2 aromatic carbocycles. The molecule has 3 aromatic rings. The van der Waals surface area contributed by atoms with Crippen LogP contribution in [0.15, 0.2) is 54.5 Å². The molecule has 0 aliphatic carbocycles. The molecule has 0 aliphatic heterocycles. The first-order valence-corrected chi connectivity index (χ1v) is 9.54. The van der Waals surface area contributed by atoms with Crippen LogP contribution in [0, 0.1) is 0 Å². The highest BCUT2D eigenvalue weighted by Gasteiger charge is 2.11. The van der Waals surface area contributed by atoms with Gasteiger partial charge in [0.2, 0.25) is 11.8 Å². The molecule has 0 fully saturated rings. The molecule has 0 unspecified atom stereocenters. The minimum atomic E-state index is -0.460. The number of hydrogen-bond donors (Lipinski definition) is 1. The highest BCUT2D eigenvalue weighted by molar-refractivity contribution is 5.89. The Morgan fingerprint density at radius 1 is 1.06 bits per heavy atom. The number of ether oxygens (including phenoxy) is 4. The summed E-state index contributed by atoms with van der Waals surface area (Å²) in [6.07, 6.45) is 0.728. The van der Waals surface area contributed by atoms with E-state index in [1.807, 2.05) is 6.92 Å². The van der Waals surface area contributed by atoms with E-state index in [9.17, 15) is 4.79 Å². The molecule has 0 amide bonds. The summed E-state index contributed by atoms with van der Waals surface area (Å²) in [4.78, 5) is 20.1. The van der Waals surface area contributed by atoms with Gasteiger partial charge >= 0.3 is 12.0 Å². The van der Waals surface area contributed by atoms with E-state index in [0.717, 1.165) is 6.42 Å². The van der Waals surface area contributed by atoms with Crippen LogP contribution in [0.2, 0.25) is 0 Å². The van der Waals surface area contributed by atoms with Crippen LogP contribution >= 0.6 is 0 Å². The second-order valence-corrected chi connectivity index (χ2v) is 6.21. The number of esters is 1. The average molecular weight is 427 g/mol. The molecule has 0 radical (unpaired) electrons. The van der Waals surface area contributed by atoms with Crippen molar-refractivity contribution in [2.75, 3.05) is 26.1 Å². The van der Waals surface area contributed by atoms with Crippen LogP contribution in [-0.2, 0) is 11.3 Å². The van der Waals surface area contributed by atoms with E-state index in [1.54, 1.807) is 24.3 Å². The van der Waals surface area contributed by atoms with Crippen molar-refractivity contribution in [3.05, 3.63) is 65.6 Å². The van der Waals surface area contributed by atoms with Gasteiger partial charge in [-0.25, -0.2) is 4.79 Å². The van der Waals surface area contributed by atoms with Crippen molar-refractivity contribution in [3.63, 3.8) is 0 Å². The number of hydrogen-bond acceptors (Lipinski definition) is 8. The largest absolute Gasteiger partial charge is 0.481 e. The maximum absolute atomic E-state index is 12.0. The summed E-state index contributed by atoms with van der Waals surface area (Å²) in [6.45, 7) is 2.24. The molecule has 31 heavy (non-hydrogen) atoms. The van der Waals surface area contributed by atoms with E-state index in [-0.39, 0.29) is 47.7 Å². The van der Waals surface area contributed by atoms with Crippen molar-refractivity contribution >= 4 is 11.7 Å². The topological polar surface area (TPSA) is 91.8 Å². The van der Waals surface area contributed by atoms with Gasteiger partial charge in [0.25, 0.3) is 0 Å². The van der Waals surface area contributed by atoms with Crippen LogP contribution in [0.3, 0.4) is 0 Å². The maximum atomic E-state index is 12.0. The van der Waals surface area contributed by atoms with Gasteiger partial charge in [-0.15, -0.1) is 0 Å². The van der Waals surface area contributed by atoms with Crippen LogP contribution in [0.4, 0.5) is 5.69 Å². The summed E-state index contributed by atoms with van der Waals surface area (Å²) in [5.74, 6) is -0.242. The SMILES string of the molecule is [2H]c1c([2H])c([2H])c(Oc2nc(OC)cc(OC)n2)c(CNc2ccc(C(=O)OCCC)cc2)c1[2H]. The molecule has 0 saturated carbocycles. The summed E-state index contributed by atoms with van der Waals surface area (Å²) in [5.41, 5.74) is 1.18. The van der Waals surface area contributed by atoms with Crippen molar-refractivity contribution in [3.8, 4) is 23.5 Å². The normalized spacial score (nSPS) is 12.1. The monoisotopic (exact) mass is 427 g/mol. The van der Waals surface area contributed by atoms with Crippen molar-refractivity contribution in [2.24, 2.45) is 0 Å². The molecule has 8 heteroatoms. The van der Waals surface area contributed by atoms with Crippen LogP contribution in [0.1, 0.15) is 34.7 Å². The van der Waals surface area contributed by atoms with Crippen molar-refractivity contribution in [1.29, 1.82) is 0 Å². The van der Waals surface area contributed by atoms with Crippen molar-refractivity contribution < 1.29 is 29.2 Å². The summed E-state index contributed by atoms with van der Waals surface area (Å²) in [7, 11) is 2.81. The first-order valence-electron chi connectivity index (χ1n) is 11.5. The second-order valence-electron chi connectivity index (χ2n) is 6.21. The maximum Gasteiger partial charge on any atom is 0.338 e. The van der Waals surface area contributed by atoms with Gasteiger partial charge in [0.05, 0.1) is 37.9 Å². The van der Waals surface area contributed by atoms with E-state index in [2.05, 4.69) is 15.3 Å².